The van der Waals surface area contributed by atoms with Crippen molar-refractivity contribution in [3.05, 3.63) is 0 Å². The SMILES string of the molecule is CCCCCCCCCCCCCCCCCCCCCCCOCC(COC1OC(CO)C(O)C(OS(=O)(=O)O)C1O)OC(=O)CCCCCCC. The average molecular weight is 783 g/mol. The van der Waals surface area contributed by atoms with Gasteiger partial charge in [0.1, 0.15) is 30.5 Å². The van der Waals surface area contributed by atoms with Gasteiger partial charge in [-0.25, -0.2) is 4.18 Å². The number of hydrogen-bond donors (Lipinski definition) is 4. The van der Waals surface area contributed by atoms with E-state index in [4.69, 9.17) is 23.5 Å². The molecule has 12 nitrogen and oxygen atoms in total. The van der Waals surface area contributed by atoms with Gasteiger partial charge in [0.05, 0.1) is 19.8 Å². The third-order valence-corrected chi connectivity index (χ3v) is 10.4. The van der Waals surface area contributed by atoms with Crippen molar-refractivity contribution in [2.45, 2.75) is 224 Å². The molecule has 53 heavy (non-hydrogen) atoms. The Balaban J connectivity index is 2.26. The number of hydrogen-bond acceptors (Lipinski definition) is 11. The van der Waals surface area contributed by atoms with Gasteiger partial charge in [0, 0.05) is 13.0 Å². The van der Waals surface area contributed by atoms with Crippen LogP contribution in [0.3, 0.4) is 0 Å². The highest BCUT2D eigenvalue weighted by molar-refractivity contribution is 7.80. The zero-order chi connectivity index (χ0) is 39.0. The third-order valence-electron chi connectivity index (χ3n) is 9.98. The largest absolute Gasteiger partial charge is 0.457 e. The highest BCUT2D eigenvalue weighted by Crippen LogP contribution is 2.26. The van der Waals surface area contributed by atoms with E-state index in [1.165, 1.54) is 116 Å². The van der Waals surface area contributed by atoms with Crippen LogP contribution >= 0.6 is 0 Å². The Hall–Kier alpha value is -0.900. The minimum Gasteiger partial charge on any atom is -0.457 e. The van der Waals surface area contributed by atoms with Crippen molar-refractivity contribution in [2.24, 2.45) is 0 Å². The lowest BCUT2D eigenvalue weighted by Gasteiger charge is -2.41. The van der Waals surface area contributed by atoms with Crippen LogP contribution in [-0.2, 0) is 38.3 Å². The Labute approximate surface area is 322 Å². The summed E-state index contributed by atoms with van der Waals surface area (Å²) >= 11 is 0. The van der Waals surface area contributed by atoms with Crippen molar-refractivity contribution in [3.8, 4) is 0 Å². The number of rotatable bonds is 37. The van der Waals surface area contributed by atoms with E-state index < -0.39 is 59.8 Å². The highest BCUT2D eigenvalue weighted by Gasteiger charge is 2.48. The summed E-state index contributed by atoms with van der Waals surface area (Å²) in [6.45, 7) is 3.91. The quantitative estimate of drug-likeness (QED) is 0.0271. The van der Waals surface area contributed by atoms with Crippen LogP contribution in [0.5, 0.6) is 0 Å². The molecule has 316 valence electrons. The number of aliphatic hydroxyl groups is 3. The van der Waals surface area contributed by atoms with Crippen molar-refractivity contribution < 1.29 is 56.2 Å². The van der Waals surface area contributed by atoms with E-state index >= 15 is 0 Å². The number of carbonyl (C=O) groups excluding carboxylic acids is 1. The summed E-state index contributed by atoms with van der Waals surface area (Å²) < 4.78 is 58.6. The molecule has 0 saturated carbocycles. The Morgan fingerprint density at radius 3 is 1.51 bits per heavy atom. The molecule has 1 aliphatic rings. The van der Waals surface area contributed by atoms with Crippen molar-refractivity contribution in [1.29, 1.82) is 0 Å². The number of ether oxygens (including phenoxy) is 4. The van der Waals surface area contributed by atoms with Crippen molar-refractivity contribution in [3.63, 3.8) is 0 Å². The smallest absolute Gasteiger partial charge is 0.397 e. The Morgan fingerprint density at radius 1 is 0.642 bits per heavy atom. The molecule has 0 aromatic rings. The lowest BCUT2D eigenvalue weighted by Crippen LogP contribution is -2.60. The fraction of sp³-hybridized carbons (Fsp3) is 0.975. The molecule has 6 unspecified atom stereocenters. The van der Waals surface area contributed by atoms with Crippen LogP contribution in [0.25, 0.3) is 0 Å². The maximum Gasteiger partial charge on any atom is 0.397 e. The Bertz CT molecular complexity index is 952. The fourth-order valence-electron chi connectivity index (χ4n) is 6.73. The molecule has 0 aliphatic carbocycles. The van der Waals surface area contributed by atoms with Crippen molar-refractivity contribution >= 4 is 16.4 Å². The lowest BCUT2D eigenvalue weighted by atomic mass is 9.99. The van der Waals surface area contributed by atoms with Crippen LogP contribution in [0, 0.1) is 0 Å². The summed E-state index contributed by atoms with van der Waals surface area (Å²) in [5.74, 6) is -0.408. The summed E-state index contributed by atoms with van der Waals surface area (Å²) in [6, 6.07) is 0. The van der Waals surface area contributed by atoms with Crippen LogP contribution in [-0.4, -0.2) is 97.5 Å². The second-order valence-corrected chi connectivity index (χ2v) is 16.0. The summed E-state index contributed by atoms with van der Waals surface area (Å²) in [5, 5.41) is 30.4. The van der Waals surface area contributed by atoms with Gasteiger partial charge < -0.3 is 34.3 Å². The van der Waals surface area contributed by atoms with Gasteiger partial charge >= 0.3 is 16.4 Å². The Kier molecular flexibility index (Phi) is 31.5. The molecule has 0 spiro atoms. The van der Waals surface area contributed by atoms with E-state index in [2.05, 4.69) is 18.0 Å². The molecule has 0 amide bonds. The molecule has 1 rings (SSSR count). The lowest BCUT2D eigenvalue weighted by molar-refractivity contribution is -0.301. The number of aliphatic hydroxyl groups excluding tert-OH is 3. The van der Waals surface area contributed by atoms with Crippen LogP contribution in [0.4, 0.5) is 0 Å². The maximum absolute atomic E-state index is 12.6. The fourth-order valence-corrected chi connectivity index (χ4v) is 7.24. The number of carbonyl (C=O) groups is 1. The molecule has 0 radical (unpaired) electrons. The van der Waals surface area contributed by atoms with Gasteiger partial charge in [-0.2, -0.15) is 8.42 Å². The molecule has 0 aromatic heterocycles. The van der Waals surface area contributed by atoms with Crippen LogP contribution < -0.4 is 0 Å². The van der Waals surface area contributed by atoms with E-state index in [-0.39, 0.29) is 19.6 Å². The zero-order valence-corrected chi connectivity index (χ0v) is 34.2. The molecule has 0 aromatic carbocycles. The molecule has 4 N–H and O–H groups in total. The van der Waals surface area contributed by atoms with E-state index in [0.29, 0.717) is 13.0 Å². The predicted molar refractivity (Wildman–Crippen MR) is 207 cm³/mol. The standard InChI is InChI=1S/C40H78O12S/c1-3-5-7-9-10-11-12-13-14-15-16-17-18-19-20-21-22-23-24-26-28-30-48-32-34(50-36(42)29-27-25-8-6-4-2)33-49-40-38(44)39(52-53(45,46)47)37(43)35(31-41)51-40/h34-35,37-41,43-44H,3-33H2,1-2H3,(H,45,46,47). The minimum atomic E-state index is -5.05. The highest BCUT2D eigenvalue weighted by atomic mass is 32.3. The van der Waals surface area contributed by atoms with Gasteiger partial charge in [-0.05, 0) is 12.8 Å². The molecule has 1 saturated heterocycles. The second-order valence-electron chi connectivity index (χ2n) is 15.0. The third kappa shape index (κ3) is 27.4. The van der Waals surface area contributed by atoms with Crippen LogP contribution in [0.1, 0.15) is 187 Å². The number of esters is 1. The molecule has 0 bridgehead atoms. The van der Waals surface area contributed by atoms with E-state index in [1.54, 1.807) is 0 Å². The molecular weight excluding hydrogens is 704 g/mol. The maximum atomic E-state index is 12.6. The van der Waals surface area contributed by atoms with Crippen molar-refractivity contribution in [2.75, 3.05) is 26.4 Å². The van der Waals surface area contributed by atoms with Crippen LogP contribution in [0.2, 0.25) is 0 Å². The topological polar surface area (TPSA) is 178 Å². The summed E-state index contributed by atoms with van der Waals surface area (Å²) in [7, 11) is -5.05. The molecule has 6 atom stereocenters. The summed E-state index contributed by atoms with van der Waals surface area (Å²) in [6.07, 6.45) is 23.5. The first-order valence-corrected chi connectivity index (χ1v) is 22.7. The van der Waals surface area contributed by atoms with Gasteiger partial charge in [-0.15, -0.1) is 0 Å². The van der Waals surface area contributed by atoms with Crippen LogP contribution in [0.15, 0.2) is 0 Å². The molecule has 1 heterocycles. The molecular formula is C40H78O12S. The molecule has 1 aliphatic heterocycles. The van der Waals surface area contributed by atoms with Gasteiger partial charge in [0.2, 0.25) is 0 Å². The molecule has 1 fully saturated rings. The van der Waals surface area contributed by atoms with Gasteiger partial charge in [-0.1, -0.05) is 168 Å². The normalized spacial score (nSPS) is 21.2. The van der Waals surface area contributed by atoms with Gasteiger partial charge in [-0.3, -0.25) is 9.35 Å². The second kappa shape index (κ2) is 33.3. The first kappa shape index (κ1) is 50.1. The average Bonchev–Trinajstić information content (AvgIpc) is 3.12. The van der Waals surface area contributed by atoms with Gasteiger partial charge in [0.25, 0.3) is 0 Å². The van der Waals surface area contributed by atoms with E-state index in [9.17, 15) is 28.5 Å². The van der Waals surface area contributed by atoms with E-state index in [1.807, 2.05) is 0 Å². The predicted octanol–water partition coefficient (Wildman–Crippen LogP) is 8.13. The first-order valence-electron chi connectivity index (χ1n) is 21.3. The van der Waals surface area contributed by atoms with Gasteiger partial charge in [0.15, 0.2) is 6.29 Å². The van der Waals surface area contributed by atoms with E-state index in [0.717, 1.165) is 44.9 Å². The zero-order valence-electron chi connectivity index (χ0n) is 33.3. The number of unbranched alkanes of at least 4 members (excludes halogenated alkanes) is 24. The minimum absolute atomic E-state index is 0.0422. The molecule has 13 heteroatoms. The summed E-state index contributed by atoms with van der Waals surface area (Å²) in [4.78, 5) is 12.6. The summed E-state index contributed by atoms with van der Waals surface area (Å²) in [5.41, 5.74) is 0. The first-order chi connectivity index (χ1) is 25.6. The Morgan fingerprint density at radius 2 is 1.08 bits per heavy atom. The monoisotopic (exact) mass is 783 g/mol. The van der Waals surface area contributed by atoms with Crippen molar-refractivity contribution in [1.82, 2.24) is 0 Å².